The number of aliphatic imine (C=N–C) groups is 1. The lowest BCUT2D eigenvalue weighted by Crippen LogP contribution is -2.48. The molecule has 0 aromatic heterocycles. The Balaban J connectivity index is 1.63. The van der Waals surface area contributed by atoms with E-state index in [1.807, 2.05) is 0 Å². The number of nitrogens with two attached hydrogens (primary N) is 1. The number of rotatable bonds is 7. The van der Waals surface area contributed by atoms with E-state index in [-0.39, 0.29) is 0 Å². The number of hydrogen-bond acceptors (Lipinski definition) is 3. The summed E-state index contributed by atoms with van der Waals surface area (Å²) in [6, 6.07) is 7.01. The quantitative estimate of drug-likeness (QED) is 0.581. The number of nitrogens with one attached hydrogen (secondary N) is 1. The Kier molecular flexibility index (Phi) is 6.92. The van der Waals surface area contributed by atoms with E-state index >= 15 is 0 Å². The zero-order chi connectivity index (χ0) is 18.4. The molecule has 1 heterocycles. The van der Waals surface area contributed by atoms with Gasteiger partial charge in [-0.2, -0.15) is 0 Å². The van der Waals surface area contributed by atoms with Gasteiger partial charge in [0, 0.05) is 24.8 Å². The van der Waals surface area contributed by atoms with Crippen LogP contribution in [-0.2, 0) is 17.6 Å². The first kappa shape index (κ1) is 19.2. The molecule has 1 aliphatic heterocycles. The number of anilines is 1. The zero-order valence-corrected chi connectivity index (χ0v) is 16.3. The minimum absolute atomic E-state index is 0.439. The third-order valence-corrected chi connectivity index (χ3v) is 5.93. The number of ether oxygens (including phenoxy) is 1. The Morgan fingerprint density at radius 2 is 1.92 bits per heavy atom. The van der Waals surface area contributed by atoms with Crippen LogP contribution in [0.15, 0.2) is 23.2 Å². The highest BCUT2D eigenvalue weighted by molar-refractivity contribution is 5.92. The van der Waals surface area contributed by atoms with Gasteiger partial charge in [-0.1, -0.05) is 32.8 Å². The summed E-state index contributed by atoms with van der Waals surface area (Å²) in [5.41, 5.74) is 10.2. The van der Waals surface area contributed by atoms with Crippen LogP contribution >= 0.6 is 0 Å². The van der Waals surface area contributed by atoms with Crippen molar-refractivity contribution in [1.82, 2.24) is 4.90 Å². The second kappa shape index (κ2) is 9.38. The maximum Gasteiger partial charge on any atom is 0.193 e. The number of hydrogen-bond donors (Lipinski definition) is 2. The number of morpholine rings is 1. The minimum Gasteiger partial charge on any atom is -0.379 e. The summed E-state index contributed by atoms with van der Waals surface area (Å²) in [7, 11) is 0. The third kappa shape index (κ3) is 4.77. The highest BCUT2D eigenvalue weighted by atomic mass is 16.5. The largest absolute Gasteiger partial charge is 0.379 e. The minimum atomic E-state index is 0.439. The second-order valence-electron chi connectivity index (χ2n) is 7.48. The fourth-order valence-electron chi connectivity index (χ4n) is 4.33. The predicted octanol–water partition coefficient (Wildman–Crippen LogP) is 3.04. The molecule has 144 valence electrons. The molecule has 2 aliphatic rings. The molecule has 1 atom stereocenters. The van der Waals surface area contributed by atoms with Crippen LogP contribution in [0.2, 0.25) is 0 Å². The van der Waals surface area contributed by atoms with Crippen molar-refractivity contribution in [3.63, 3.8) is 0 Å². The third-order valence-electron chi connectivity index (χ3n) is 5.93. The van der Waals surface area contributed by atoms with Crippen molar-refractivity contribution in [3.05, 3.63) is 29.3 Å². The number of guanidine groups is 1. The molecule has 26 heavy (non-hydrogen) atoms. The summed E-state index contributed by atoms with van der Waals surface area (Å²) in [4.78, 5) is 7.24. The Labute approximate surface area is 158 Å². The van der Waals surface area contributed by atoms with Gasteiger partial charge in [-0.05, 0) is 48.4 Å². The van der Waals surface area contributed by atoms with Crippen LogP contribution in [0.25, 0.3) is 0 Å². The van der Waals surface area contributed by atoms with E-state index < -0.39 is 0 Å². The van der Waals surface area contributed by atoms with Crippen molar-refractivity contribution >= 4 is 11.6 Å². The van der Waals surface area contributed by atoms with Gasteiger partial charge in [0.05, 0.1) is 19.8 Å². The van der Waals surface area contributed by atoms with E-state index in [1.54, 1.807) is 0 Å². The highest BCUT2D eigenvalue weighted by Gasteiger charge is 2.26. The monoisotopic (exact) mass is 358 g/mol. The van der Waals surface area contributed by atoms with Gasteiger partial charge in [0.1, 0.15) is 0 Å². The molecule has 3 rings (SSSR count). The lowest BCUT2D eigenvalue weighted by Gasteiger charge is -2.38. The molecule has 0 spiro atoms. The van der Waals surface area contributed by atoms with Crippen LogP contribution in [0.1, 0.15) is 44.2 Å². The first-order valence-corrected chi connectivity index (χ1v) is 10.2. The molecule has 5 nitrogen and oxygen atoms in total. The van der Waals surface area contributed by atoms with Crippen molar-refractivity contribution in [1.29, 1.82) is 0 Å². The fraction of sp³-hybridized carbons (Fsp3) is 0.667. The Morgan fingerprint density at radius 1 is 1.19 bits per heavy atom. The molecule has 3 N–H and O–H groups in total. The predicted molar refractivity (Wildman–Crippen MR) is 109 cm³/mol. The van der Waals surface area contributed by atoms with Crippen molar-refractivity contribution in [2.45, 2.75) is 52.0 Å². The molecule has 1 unspecified atom stereocenters. The number of fused-ring (bicyclic) bond motifs is 1. The van der Waals surface area contributed by atoms with Gasteiger partial charge in [-0.25, -0.2) is 0 Å². The smallest absolute Gasteiger partial charge is 0.193 e. The van der Waals surface area contributed by atoms with Gasteiger partial charge in [-0.3, -0.25) is 9.89 Å². The SMILES string of the molecule is CCC(CC)C(CN=C(N)Nc1ccc2c(c1)CCC2)N1CCOCC1. The van der Waals surface area contributed by atoms with Crippen LogP contribution in [0.4, 0.5) is 5.69 Å². The summed E-state index contributed by atoms with van der Waals surface area (Å²) >= 11 is 0. The summed E-state index contributed by atoms with van der Waals surface area (Å²) in [6.07, 6.45) is 5.99. The molecule has 1 aromatic rings. The standard InChI is InChI=1S/C21H34N4O/c1-3-16(4-2)20(25-10-12-26-13-11-25)15-23-21(22)24-19-9-8-17-6-5-7-18(17)14-19/h8-9,14,16,20H,3-7,10-13,15H2,1-2H3,(H3,22,23,24). The summed E-state index contributed by atoms with van der Waals surface area (Å²) in [5, 5.41) is 3.29. The molecule has 1 fully saturated rings. The van der Waals surface area contributed by atoms with E-state index in [9.17, 15) is 0 Å². The van der Waals surface area contributed by atoms with Gasteiger partial charge in [0.2, 0.25) is 0 Å². The van der Waals surface area contributed by atoms with E-state index in [0.29, 0.717) is 17.9 Å². The molecule has 0 radical (unpaired) electrons. The van der Waals surface area contributed by atoms with Gasteiger partial charge in [0.15, 0.2) is 5.96 Å². The number of aryl methyl sites for hydroxylation is 2. The second-order valence-corrected chi connectivity index (χ2v) is 7.48. The highest BCUT2D eigenvalue weighted by Crippen LogP contribution is 2.25. The van der Waals surface area contributed by atoms with E-state index in [2.05, 4.69) is 42.3 Å². The van der Waals surface area contributed by atoms with Crippen molar-refractivity contribution in [3.8, 4) is 0 Å². The maximum absolute atomic E-state index is 6.21. The van der Waals surface area contributed by atoms with Crippen LogP contribution in [0.5, 0.6) is 0 Å². The Hall–Kier alpha value is -1.59. The van der Waals surface area contributed by atoms with Crippen molar-refractivity contribution in [2.24, 2.45) is 16.6 Å². The fourth-order valence-corrected chi connectivity index (χ4v) is 4.33. The molecule has 0 amide bonds. The molecule has 0 saturated carbocycles. The zero-order valence-electron chi connectivity index (χ0n) is 16.3. The maximum atomic E-state index is 6.21. The summed E-state index contributed by atoms with van der Waals surface area (Å²) in [5.74, 6) is 1.16. The molecule has 1 saturated heterocycles. The summed E-state index contributed by atoms with van der Waals surface area (Å²) in [6.45, 7) is 8.93. The topological polar surface area (TPSA) is 62.9 Å². The molecular formula is C21H34N4O. The Bertz CT molecular complexity index is 606. The molecule has 1 aromatic carbocycles. The van der Waals surface area contributed by atoms with Crippen molar-refractivity contribution in [2.75, 3.05) is 38.2 Å². The normalized spacial score (nSPS) is 19.6. The molecule has 1 aliphatic carbocycles. The summed E-state index contributed by atoms with van der Waals surface area (Å²) < 4.78 is 5.52. The average Bonchev–Trinajstić information content (AvgIpc) is 3.13. The molecule has 5 heteroatoms. The Morgan fingerprint density at radius 3 is 2.65 bits per heavy atom. The van der Waals surface area contributed by atoms with E-state index in [4.69, 9.17) is 15.5 Å². The van der Waals surface area contributed by atoms with Gasteiger partial charge < -0.3 is 15.8 Å². The van der Waals surface area contributed by atoms with Crippen LogP contribution in [0.3, 0.4) is 0 Å². The first-order valence-electron chi connectivity index (χ1n) is 10.2. The average molecular weight is 359 g/mol. The molecular weight excluding hydrogens is 324 g/mol. The van der Waals surface area contributed by atoms with E-state index in [0.717, 1.165) is 38.5 Å². The van der Waals surface area contributed by atoms with E-state index in [1.165, 1.54) is 43.2 Å². The van der Waals surface area contributed by atoms with Gasteiger partial charge in [-0.15, -0.1) is 0 Å². The first-order chi connectivity index (χ1) is 12.7. The van der Waals surface area contributed by atoms with Gasteiger partial charge in [0.25, 0.3) is 0 Å². The number of benzene rings is 1. The lowest BCUT2D eigenvalue weighted by atomic mass is 9.92. The van der Waals surface area contributed by atoms with Gasteiger partial charge >= 0.3 is 0 Å². The molecule has 0 bridgehead atoms. The number of nitrogens with zero attached hydrogens (tertiary/aromatic N) is 2. The lowest BCUT2D eigenvalue weighted by molar-refractivity contribution is 0.00398. The van der Waals surface area contributed by atoms with Crippen LogP contribution < -0.4 is 11.1 Å². The van der Waals surface area contributed by atoms with Crippen molar-refractivity contribution < 1.29 is 4.74 Å². The van der Waals surface area contributed by atoms with Crippen LogP contribution in [-0.4, -0.2) is 49.7 Å². The van der Waals surface area contributed by atoms with Crippen LogP contribution in [0, 0.1) is 5.92 Å².